The van der Waals surface area contributed by atoms with Crippen LogP contribution in [0.4, 0.5) is 10.8 Å². The van der Waals surface area contributed by atoms with E-state index in [9.17, 15) is 0 Å². The minimum absolute atomic E-state index is 0.694. The number of hydrogen-bond acceptors (Lipinski definition) is 7. The summed E-state index contributed by atoms with van der Waals surface area (Å²) in [4.78, 5) is 11.5. The van der Waals surface area contributed by atoms with Gasteiger partial charge in [-0.1, -0.05) is 11.3 Å². The van der Waals surface area contributed by atoms with Crippen molar-refractivity contribution in [3.63, 3.8) is 0 Å². The molecule has 0 unspecified atom stereocenters. The lowest BCUT2D eigenvalue weighted by Crippen LogP contribution is -2.31. The van der Waals surface area contributed by atoms with Gasteiger partial charge in [-0.15, -0.1) is 0 Å². The van der Waals surface area contributed by atoms with Gasteiger partial charge < -0.3 is 20.1 Å². The molecule has 2 aromatic heterocycles. The van der Waals surface area contributed by atoms with Gasteiger partial charge in [0.15, 0.2) is 16.6 Å². The van der Waals surface area contributed by atoms with Crippen molar-refractivity contribution in [2.75, 3.05) is 31.4 Å². The number of nitrogens with two attached hydrogens (primary N) is 1. The van der Waals surface area contributed by atoms with Crippen LogP contribution >= 0.6 is 11.3 Å². The van der Waals surface area contributed by atoms with Crippen LogP contribution in [0.2, 0.25) is 0 Å². The van der Waals surface area contributed by atoms with E-state index in [-0.39, 0.29) is 0 Å². The fourth-order valence-corrected chi connectivity index (χ4v) is 4.00. The van der Waals surface area contributed by atoms with Crippen LogP contribution < -0.4 is 20.1 Å². The smallest absolute Gasteiger partial charge is 0.186 e. The van der Waals surface area contributed by atoms with Gasteiger partial charge in [0.25, 0.3) is 0 Å². The Morgan fingerprint density at radius 1 is 1.21 bits per heavy atom. The number of thiazole rings is 1. The number of ether oxygens (including phenoxy) is 2. The highest BCUT2D eigenvalue weighted by atomic mass is 32.1. The number of fused-ring (bicyclic) bond motifs is 2. The second-order valence-corrected chi connectivity index (χ2v) is 6.68. The average molecular weight is 342 g/mol. The largest absolute Gasteiger partial charge is 0.493 e. The van der Waals surface area contributed by atoms with Gasteiger partial charge in [-0.3, -0.25) is 4.98 Å². The fourth-order valence-electron chi connectivity index (χ4n) is 3.00. The second kappa shape index (κ2) is 5.83. The number of benzene rings is 1. The summed E-state index contributed by atoms with van der Waals surface area (Å²) in [6.07, 6.45) is 2.66. The third kappa shape index (κ3) is 2.41. The van der Waals surface area contributed by atoms with Crippen LogP contribution in [-0.4, -0.2) is 30.7 Å². The molecule has 7 heteroatoms. The number of aromatic nitrogens is 2. The van der Waals surface area contributed by atoms with Crippen LogP contribution in [0, 0.1) is 0 Å². The number of pyridine rings is 1. The molecule has 0 spiro atoms. The molecule has 0 atom stereocenters. The molecular weight excluding hydrogens is 324 g/mol. The van der Waals surface area contributed by atoms with E-state index in [4.69, 9.17) is 20.2 Å². The van der Waals surface area contributed by atoms with E-state index in [1.165, 1.54) is 0 Å². The van der Waals surface area contributed by atoms with Gasteiger partial charge in [-0.2, -0.15) is 0 Å². The Bertz CT molecular complexity index is 868. The highest BCUT2D eigenvalue weighted by molar-refractivity contribution is 7.22. The summed E-state index contributed by atoms with van der Waals surface area (Å²) >= 11 is 1.65. The second-order valence-electron chi connectivity index (χ2n) is 5.67. The molecule has 3 heterocycles. The molecule has 1 aliphatic rings. The van der Waals surface area contributed by atoms with Crippen LogP contribution in [-0.2, 0) is 13.0 Å². The highest BCUT2D eigenvalue weighted by Gasteiger charge is 2.22. The zero-order chi connectivity index (χ0) is 16.7. The summed E-state index contributed by atoms with van der Waals surface area (Å²) in [5.74, 6) is 1.41. The van der Waals surface area contributed by atoms with Crippen LogP contribution in [0.5, 0.6) is 11.5 Å². The van der Waals surface area contributed by atoms with Crippen molar-refractivity contribution in [2.24, 2.45) is 0 Å². The minimum atomic E-state index is 0.694. The molecule has 0 saturated carbocycles. The monoisotopic (exact) mass is 342 g/mol. The van der Waals surface area contributed by atoms with Gasteiger partial charge in [0.2, 0.25) is 0 Å². The van der Waals surface area contributed by atoms with Gasteiger partial charge in [-0.05, 0) is 6.07 Å². The van der Waals surface area contributed by atoms with Crippen molar-refractivity contribution in [1.29, 1.82) is 0 Å². The van der Waals surface area contributed by atoms with E-state index in [0.717, 1.165) is 57.6 Å². The SMILES string of the molecule is COc1cc2nc(N3CCc4nccc(N)c4C3)sc2cc1OC. The van der Waals surface area contributed by atoms with Gasteiger partial charge in [0.1, 0.15) is 0 Å². The molecule has 3 aromatic rings. The molecule has 0 fully saturated rings. The number of anilines is 2. The van der Waals surface area contributed by atoms with Crippen molar-refractivity contribution in [2.45, 2.75) is 13.0 Å². The first kappa shape index (κ1) is 15.0. The van der Waals surface area contributed by atoms with E-state index in [2.05, 4.69) is 9.88 Å². The summed E-state index contributed by atoms with van der Waals surface area (Å²) in [5.41, 5.74) is 10.0. The maximum absolute atomic E-state index is 6.12. The van der Waals surface area contributed by atoms with Crippen molar-refractivity contribution in [1.82, 2.24) is 9.97 Å². The molecule has 1 aromatic carbocycles. The van der Waals surface area contributed by atoms with Gasteiger partial charge >= 0.3 is 0 Å². The van der Waals surface area contributed by atoms with Gasteiger partial charge in [0, 0.05) is 54.8 Å². The van der Waals surface area contributed by atoms with E-state index >= 15 is 0 Å². The molecule has 0 radical (unpaired) electrons. The van der Waals surface area contributed by atoms with Gasteiger partial charge in [-0.25, -0.2) is 4.98 Å². The third-order valence-corrected chi connectivity index (χ3v) is 5.38. The molecular formula is C17H18N4O2S. The molecule has 0 bridgehead atoms. The fraction of sp³-hybridized carbons (Fsp3) is 0.294. The summed E-state index contributed by atoms with van der Waals surface area (Å²) in [6.45, 7) is 1.63. The molecule has 0 amide bonds. The summed E-state index contributed by atoms with van der Waals surface area (Å²) < 4.78 is 11.8. The first-order valence-corrected chi connectivity index (χ1v) is 8.51. The Kier molecular flexibility index (Phi) is 3.65. The minimum Gasteiger partial charge on any atom is -0.493 e. The van der Waals surface area contributed by atoms with Crippen molar-refractivity contribution < 1.29 is 9.47 Å². The lowest BCUT2D eigenvalue weighted by atomic mass is 10.0. The van der Waals surface area contributed by atoms with E-state index < -0.39 is 0 Å². The van der Waals surface area contributed by atoms with Crippen LogP contribution in [0.15, 0.2) is 24.4 Å². The predicted octanol–water partition coefficient (Wildman–Crippen LogP) is 2.85. The zero-order valence-electron chi connectivity index (χ0n) is 13.6. The van der Waals surface area contributed by atoms with Crippen molar-refractivity contribution in [3.8, 4) is 11.5 Å². The predicted molar refractivity (Wildman–Crippen MR) is 96.1 cm³/mol. The van der Waals surface area contributed by atoms with Crippen LogP contribution in [0.25, 0.3) is 10.2 Å². The topological polar surface area (TPSA) is 73.5 Å². The number of rotatable bonds is 3. The Morgan fingerprint density at radius 2 is 2.00 bits per heavy atom. The van der Waals surface area contributed by atoms with E-state index in [0.29, 0.717) is 5.75 Å². The highest BCUT2D eigenvalue weighted by Crippen LogP contribution is 2.38. The molecule has 4 rings (SSSR count). The zero-order valence-corrected chi connectivity index (χ0v) is 14.4. The van der Waals surface area contributed by atoms with E-state index in [1.807, 2.05) is 18.2 Å². The Hall–Kier alpha value is -2.54. The number of hydrogen-bond donors (Lipinski definition) is 1. The maximum Gasteiger partial charge on any atom is 0.186 e. The van der Waals surface area contributed by atoms with Crippen LogP contribution in [0.3, 0.4) is 0 Å². The summed E-state index contributed by atoms with van der Waals surface area (Å²) in [5, 5.41) is 0.981. The first-order chi connectivity index (χ1) is 11.7. The van der Waals surface area contributed by atoms with E-state index in [1.54, 1.807) is 31.8 Å². The normalized spacial score (nSPS) is 13.8. The molecule has 1 aliphatic heterocycles. The maximum atomic E-state index is 6.12. The Balaban J connectivity index is 1.71. The number of nitrogen functional groups attached to an aromatic ring is 1. The molecule has 124 valence electrons. The van der Waals surface area contributed by atoms with Crippen molar-refractivity contribution >= 4 is 32.4 Å². The molecule has 24 heavy (non-hydrogen) atoms. The average Bonchev–Trinajstić information content (AvgIpc) is 3.03. The molecule has 6 nitrogen and oxygen atoms in total. The summed E-state index contributed by atoms with van der Waals surface area (Å²) in [7, 11) is 3.28. The van der Waals surface area contributed by atoms with Crippen LogP contribution in [0.1, 0.15) is 11.3 Å². The lowest BCUT2D eigenvalue weighted by molar-refractivity contribution is 0.356. The van der Waals surface area contributed by atoms with Crippen molar-refractivity contribution in [3.05, 3.63) is 35.7 Å². The quantitative estimate of drug-likeness (QED) is 0.789. The molecule has 2 N–H and O–H groups in total. The first-order valence-electron chi connectivity index (χ1n) is 7.69. The number of nitrogens with zero attached hydrogens (tertiary/aromatic N) is 3. The Morgan fingerprint density at radius 3 is 2.79 bits per heavy atom. The molecule has 0 aliphatic carbocycles. The molecule has 0 saturated heterocycles. The lowest BCUT2D eigenvalue weighted by Gasteiger charge is -2.28. The van der Waals surface area contributed by atoms with Gasteiger partial charge in [0.05, 0.1) is 24.4 Å². The standard InChI is InChI=1S/C17H18N4O2S/c1-22-14-7-13-16(8-15(14)23-2)24-17(20-13)21-6-4-12-10(9-21)11(18)3-5-19-12/h3,5,7-8H,4,6,9H2,1-2H3,(H2,18,19). The third-order valence-electron chi connectivity index (χ3n) is 4.30. The summed E-state index contributed by atoms with van der Waals surface area (Å²) in [6, 6.07) is 5.75. The Labute approximate surface area is 143 Å². The number of methoxy groups -OCH3 is 2.